The fraction of sp³-hybridized carbons (Fsp3) is 0.692. The van der Waals surface area contributed by atoms with Gasteiger partial charge in [0.15, 0.2) is 0 Å². The number of amides is 1. The number of halogens is 3. The summed E-state index contributed by atoms with van der Waals surface area (Å²) in [5.74, 6) is -0.604. The highest BCUT2D eigenvalue weighted by atomic mass is 19.4. The van der Waals surface area contributed by atoms with Gasteiger partial charge in [0.1, 0.15) is 0 Å². The number of hydrogen-bond acceptors (Lipinski definition) is 2. The Morgan fingerprint density at radius 3 is 2.85 bits per heavy atom. The third-order valence-electron chi connectivity index (χ3n) is 4.38. The molecule has 110 valence electrons. The molecular formula is C13H16F3N3O. The van der Waals surface area contributed by atoms with Crippen LogP contribution in [0.4, 0.5) is 13.2 Å². The Bertz CT molecular complexity index is 539. The Balaban J connectivity index is 1.55. The zero-order valence-corrected chi connectivity index (χ0v) is 11.2. The quantitative estimate of drug-likeness (QED) is 0.852. The van der Waals surface area contributed by atoms with Crippen molar-refractivity contribution in [3.05, 3.63) is 18.0 Å². The molecule has 20 heavy (non-hydrogen) atoms. The average Bonchev–Trinajstić information content (AvgIpc) is 2.74. The van der Waals surface area contributed by atoms with E-state index in [0.29, 0.717) is 6.54 Å². The minimum absolute atomic E-state index is 0.169. The van der Waals surface area contributed by atoms with Crippen molar-refractivity contribution in [2.45, 2.75) is 32.5 Å². The van der Waals surface area contributed by atoms with Crippen molar-refractivity contribution in [1.82, 2.24) is 14.7 Å². The van der Waals surface area contributed by atoms with Crippen LogP contribution in [-0.2, 0) is 11.3 Å². The van der Waals surface area contributed by atoms with Crippen LogP contribution in [0.3, 0.4) is 0 Å². The molecule has 1 aliphatic carbocycles. The van der Waals surface area contributed by atoms with Crippen molar-refractivity contribution in [2.75, 3.05) is 13.1 Å². The van der Waals surface area contributed by atoms with Gasteiger partial charge in [-0.1, -0.05) is 0 Å². The molecule has 2 aliphatic rings. The third kappa shape index (κ3) is 2.09. The number of nitrogens with zero attached hydrogens (tertiary/aromatic N) is 3. The largest absolute Gasteiger partial charge is 0.396 e. The molecule has 0 N–H and O–H groups in total. The zero-order chi connectivity index (χ0) is 14.5. The fourth-order valence-corrected chi connectivity index (χ4v) is 3.07. The van der Waals surface area contributed by atoms with E-state index in [-0.39, 0.29) is 31.8 Å². The van der Waals surface area contributed by atoms with Gasteiger partial charge >= 0.3 is 6.18 Å². The van der Waals surface area contributed by atoms with Crippen molar-refractivity contribution in [3.63, 3.8) is 0 Å². The van der Waals surface area contributed by atoms with Crippen molar-refractivity contribution in [1.29, 1.82) is 0 Å². The molecule has 1 aromatic heterocycles. The minimum atomic E-state index is -4.19. The Labute approximate surface area is 114 Å². The third-order valence-corrected chi connectivity index (χ3v) is 4.38. The van der Waals surface area contributed by atoms with E-state index < -0.39 is 17.5 Å². The number of carbonyl (C=O) groups is 1. The van der Waals surface area contributed by atoms with Crippen molar-refractivity contribution in [2.24, 2.45) is 11.3 Å². The molecule has 1 aliphatic heterocycles. The second kappa shape index (κ2) is 4.23. The molecule has 4 nitrogen and oxygen atoms in total. The molecule has 1 saturated carbocycles. The van der Waals surface area contributed by atoms with Crippen LogP contribution in [0.15, 0.2) is 12.4 Å². The topological polar surface area (TPSA) is 38.1 Å². The molecule has 2 unspecified atom stereocenters. The maximum atomic E-state index is 12.9. The van der Waals surface area contributed by atoms with Crippen LogP contribution in [0.1, 0.15) is 18.4 Å². The molecular weight excluding hydrogens is 271 g/mol. The molecule has 7 heteroatoms. The van der Waals surface area contributed by atoms with Crippen LogP contribution in [0.5, 0.6) is 0 Å². The summed E-state index contributed by atoms with van der Waals surface area (Å²) in [6.07, 6.45) is -0.313. The number of fused-ring (bicyclic) bond motifs is 1. The molecule has 1 aromatic rings. The predicted molar refractivity (Wildman–Crippen MR) is 64.8 cm³/mol. The highest BCUT2D eigenvalue weighted by Crippen LogP contribution is 2.66. The number of rotatable bonds is 3. The van der Waals surface area contributed by atoms with Gasteiger partial charge in [0.2, 0.25) is 5.91 Å². The highest BCUT2D eigenvalue weighted by Gasteiger charge is 2.74. The van der Waals surface area contributed by atoms with E-state index in [9.17, 15) is 18.0 Å². The molecule has 0 spiro atoms. The van der Waals surface area contributed by atoms with Crippen molar-refractivity contribution >= 4 is 5.91 Å². The van der Waals surface area contributed by atoms with Crippen LogP contribution in [0.25, 0.3) is 0 Å². The average molecular weight is 287 g/mol. The number of piperidine rings is 1. The first-order valence-electron chi connectivity index (χ1n) is 6.65. The standard InChI is InChI=1S/C13H16F3N3O/c1-9-5-17-19(6-9)3-2-11(20)18-7-10-4-12(10,8-18)13(14,15)16/h5-6,10H,2-4,7-8H2,1H3. The molecule has 1 amide bonds. The van der Waals surface area contributed by atoms with Crippen LogP contribution in [0.2, 0.25) is 0 Å². The van der Waals surface area contributed by atoms with Crippen LogP contribution in [-0.4, -0.2) is 39.9 Å². The molecule has 0 aromatic carbocycles. The van der Waals surface area contributed by atoms with Gasteiger partial charge in [-0.25, -0.2) is 0 Å². The van der Waals surface area contributed by atoms with E-state index in [1.165, 1.54) is 4.90 Å². The summed E-state index contributed by atoms with van der Waals surface area (Å²) >= 11 is 0. The van der Waals surface area contributed by atoms with E-state index in [4.69, 9.17) is 0 Å². The number of aromatic nitrogens is 2. The minimum Gasteiger partial charge on any atom is -0.341 e. The maximum Gasteiger partial charge on any atom is 0.396 e. The van der Waals surface area contributed by atoms with Gasteiger partial charge in [0.05, 0.1) is 11.6 Å². The lowest BCUT2D eigenvalue weighted by atomic mass is 10.1. The van der Waals surface area contributed by atoms with Crippen LogP contribution >= 0.6 is 0 Å². The van der Waals surface area contributed by atoms with Crippen LogP contribution < -0.4 is 0 Å². The predicted octanol–water partition coefficient (Wildman–Crippen LogP) is 1.99. The van der Waals surface area contributed by atoms with Gasteiger partial charge in [-0.2, -0.15) is 18.3 Å². The lowest BCUT2D eigenvalue weighted by Crippen LogP contribution is -2.36. The molecule has 2 atom stereocenters. The SMILES string of the molecule is Cc1cnn(CCC(=O)N2CC3CC3(C(F)(F)F)C2)c1. The zero-order valence-electron chi connectivity index (χ0n) is 11.2. The summed E-state index contributed by atoms with van der Waals surface area (Å²) in [6, 6.07) is 0. The molecule has 2 heterocycles. The first kappa shape index (κ1) is 13.5. The summed E-state index contributed by atoms with van der Waals surface area (Å²) in [7, 11) is 0. The number of carbonyl (C=O) groups excluding carboxylic acids is 1. The summed E-state index contributed by atoms with van der Waals surface area (Å²) in [4.78, 5) is 13.3. The lowest BCUT2D eigenvalue weighted by Gasteiger charge is -2.22. The van der Waals surface area contributed by atoms with E-state index >= 15 is 0 Å². The number of likely N-dealkylation sites (tertiary alicyclic amines) is 1. The van der Waals surface area contributed by atoms with E-state index in [1.807, 2.05) is 13.1 Å². The fourth-order valence-electron chi connectivity index (χ4n) is 3.07. The first-order valence-corrected chi connectivity index (χ1v) is 6.65. The highest BCUT2D eigenvalue weighted by molar-refractivity contribution is 5.76. The van der Waals surface area contributed by atoms with Crippen molar-refractivity contribution in [3.8, 4) is 0 Å². The van der Waals surface area contributed by atoms with E-state index in [2.05, 4.69) is 5.10 Å². The molecule has 2 fully saturated rings. The summed E-state index contributed by atoms with van der Waals surface area (Å²) < 4.78 is 40.4. The summed E-state index contributed by atoms with van der Waals surface area (Å²) in [6.45, 7) is 2.38. The van der Waals surface area contributed by atoms with Crippen molar-refractivity contribution < 1.29 is 18.0 Å². The number of aryl methyl sites for hydroxylation is 2. The smallest absolute Gasteiger partial charge is 0.341 e. The Morgan fingerprint density at radius 1 is 1.55 bits per heavy atom. The Kier molecular flexibility index (Phi) is 2.85. The number of hydrogen-bond donors (Lipinski definition) is 0. The second-order valence-electron chi connectivity index (χ2n) is 5.86. The van der Waals surface area contributed by atoms with E-state index in [0.717, 1.165) is 5.56 Å². The van der Waals surface area contributed by atoms with Gasteiger partial charge in [-0.15, -0.1) is 0 Å². The Hall–Kier alpha value is -1.53. The summed E-state index contributed by atoms with van der Waals surface area (Å²) in [5.41, 5.74) is -0.610. The first-order chi connectivity index (χ1) is 9.32. The van der Waals surface area contributed by atoms with Gasteiger partial charge in [-0.3, -0.25) is 9.48 Å². The Morgan fingerprint density at radius 2 is 2.30 bits per heavy atom. The molecule has 1 saturated heterocycles. The van der Waals surface area contributed by atoms with E-state index in [1.54, 1.807) is 10.9 Å². The molecule has 0 bridgehead atoms. The number of alkyl halides is 3. The lowest BCUT2D eigenvalue weighted by molar-refractivity contribution is -0.188. The normalized spacial score (nSPS) is 28.6. The van der Waals surface area contributed by atoms with Crippen LogP contribution in [0, 0.1) is 18.3 Å². The van der Waals surface area contributed by atoms with Gasteiger partial charge in [0.25, 0.3) is 0 Å². The maximum absolute atomic E-state index is 12.9. The second-order valence-corrected chi connectivity index (χ2v) is 5.86. The monoisotopic (exact) mass is 287 g/mol. The summed E-state index contributed by atoms with van der Waals surface area (Å²) in [5, 5.41) is 4.06. The van der Waals surface area contributed by atoms with Gasteiger partial charge < -0.3 is 4.90 Å². The molecule has 0 radical (unpaired) electrons. The van der Waals surface area contributed by atoms with Gasteiger partial charge in [0, 0.05) is 32.3 Å². The molecule has 3 rings (SSSR count). The van der Waals surface area contributed by atoms with Gasteiger partial charge in [-0.05, 0) is 24.8 Å².